The number of ether oxygens (including phenoxy) is 1. The van der Waals surface area contributed by atoms with Gasteiger partial charge in [0, 0.05) is 23.6 Å². The third-order valence-corrected chi connectivity index (χ3v) is 10.3. The molecule has 4 amide bonds. The van der Waals surface area contributed by atoms with Crippen LogP contribution in [0.2, 0.25) is 5.02 Å². The second kappa shape index (κ2) is 10.3. The summed E-state index contributed by atoms with van der Waals surface area (Å²) < 4.78 is 5.77. The average molecular weight is 611 g/mol. The van der Waals surface area contributed by atoms with Crippen molar-refractivity contribution in [2.45, 2.75) is 31.1 Å². The summed E-state index contributed by atoms with van der Waals surface area (Å²) >= 11 is 6.34. The van der Waals surface area contributed by atoms with Crippen molar-refractivity contribution in [1.82, 2.24) is 4.90 Å². The molecular weight excluding hydrogens is 580 g/mol. The number of rotatable bonds is 5. The number of anilines is 1. The highest BCUT2D eigenvalue weighted by atomic mass is 35.5. The standard InChI is InChI=1S/C35H31ClN2O6/c1-3-44-27-14-8-13-24(30(27)39)29-22-15-16-23-28(33(42)37(2)31(23)40)25(22)18-26-32(41)38(21-12-7-11-20(36)17-21)34(43)35(26,29)19-9-5-4-6-10-19/h4-15,17,23,25-26,28-29,39H,3,16,18H2,1-2H3/t23-,25+,26-,28-,29+,35+/m0/s1. The van der Waals surface area contributed by atoms with Crippen LogP contribution in [0.5, 0.6) is 11.5 Å². The summed E-state index contributed by atoms with van der Waals surface area (Å²) in [6.07, 6.45) is 2.48. The number of hydrogen-bond donors (Lipinski definition) is 1. The Labute approximate surface area is 259 Å². The van der Waals surface area contributed by atoms with Crippen molar-refractivity contribution in [2.75, 3.05) is 18.6 Å². The zero-order valence-corrected chi connectivity index (χ0v) is 25.0. The number of hydrogen-bond acceptors (Lipinski definition) is 6. The maximum absolute atomic E-state index is 15.2. The normalized spacial score (nSPS) is 29.3. The predicted molar refractivity (Wildman–Crippen MR) is 163 cm³/mol. The van der Waals surface area contributed by atoms with Gasteiger partial charge in [0.05, 0.1) is 35.5 Å². The molecule has 6 atom stereocenters. The molecule has 8 nitrogen and oxygen atoms in total. The molecular formula is C35H31ClN2O6. The number of carbonyl (C=O) groups is 4. The van der Waals surface area contributed by atoms with E-state index in [1.807, 2.05) is 43.3 Å². The van der Waals surface area contributed by atoms with E-state index in [0.29, 0.717) is 34.9 Å². The van der Waals surface area contributed by atoms with Crippen LogP contribution in [-0.2, 0) is 24.6 Å². The molecule has 7 rings (SSSR count). The highest BCUT2D eigenvalue weighted by Crippen LogP contribution is 2.65. The number of para-hydroxylation sites is 1. The van der Waals surface area contributed by atoms with Crippen LogP contribution in [0.25, 0.3) is 0 Å². The van der Waals surface area contributed by atoms with Crippen LogP contribution in [0.1, 0.15) is 36.8 Å². The molecule has 0 radical (unpaired) electrons. The number of phenolic OH excluding ortho intramolecular Hbond substituents is 1. The summed E-state index contributed by atoms with van der Waals surface area (Å²) in [4.78, 5) is 58.9. The number of allylic oxidation sites excluding steroid dienone is 2. The van der Waals surface area contributed by atoms with E-state index in [-0.39, 0.29) is 29.7 Å². The molecule has 224 valence electrons. The van der Waals surface area contributed by atoms with Gasteiger partial charge in [0.25, 0.3) is 0 Å². The number of likely N-dealkylation sites (tertiary alicyclic amines) is 1. The van der Waals surface area contributed by atoms with Gasteiger partial charge in [-0.3, -0.25) is 24.1 Å². The minimum atomic E-state index is -1.46. The van der Waals surface area contributed by atoms with E-state index in [1.165, 1.54) is 16.8 Å². The number of imide groups is 2. The molecule has 3 aromatic rings. The first kappa shape index (κ1) is 28.3. The highest BCUT2D eigenvalue weighted by molar-refractivity contribution is 6.32. The number of amides is 4. The molecule has 2 saturated heterocycles. The zero-order valence-electron chi connectivity index (χ0n) is 24.3. The quantitative estimate of drug-likeness (QED) is 0.313. The third kappa shape index (κ3) is 3.76. The molecule has 2 aliphatic carbocycles. The van der Waals surface area contributed by atoms with Gasteiger partial charge in [0.2, 0.25) is 23.6 Å². The lowest BCUT2D eigenvalue weighted by Crippen LogP contribution is -2.53. The Balaban J connectivity index is 1.53. The van der Waals surface area contributed by atoms with E-state index >= 15 is 4.79 Å². The van der Waals surface area contributed by atoms with Crippen molar-refractivity contribution in [2.24, 2.45) is 23.7 Å². The van der Waals surface area contributed by atoms with E-state index in [1.54, 1.807) is 42.5 Å². The van der Waals surface area contributed by atoms with Gasteiger partial charge in [-0.05, 0) is 55.5 Å². The van der Waals surface area contributed by atoms with E-state index in [4.69, 9.17) is 16.3 Å². The second-order valence-electron chi connectivity index (χ2n) is 12.0. The fourth-order valence-electron chi connectivity index (χ4n) is 8.29. The summed E-state index contributed by atoms with van der Waals surface area (Å²) in [5, 5.41) is 12.1. The summed E-state index contributed by atoms with van der Waals surface area (Å²) in [5.74, 6) is -4.63. The molecule has 0 unspecified atom stereocenters. The maximum atomic E-state index is 15.2. The first-order chi connectivity index (χ1) is 21.2. The summed E-state index contributed by atoms with van der Waals surface area (Å²) in [7, 11) is 1.50. The van der Waals surface area contributed by atoms with Crippen molar-refractivity contribution >= 4 is 40.9 Å². The van der Waals surface area contributed by atoms with Crippen molar-refractivity contribution in [1.29, 1.82) is 0 Å². The van der Waals surface area contributed by atoms with Gasteiger partial charge in [-0.1, -0.05) is 71.8 Å². The van der Waals surface area contributed by atoms with E-state index in [9.17, 15) is 19.5 Å². The molecule has 4 aliphatic rings. The van der Waals surface area contributed by atoms with Crippen LogP contribution in [0.3, 0.4) is 0 Å². The SMILES string of the molecule is CCOc1cccc([C@H]2C3=CC[C@@H]4C(=O)N(C)C(=O)[C@@H]4[C@@H]3C[C@H]3C(=O)N(c4cccc(Cl)c4)C(=O)[C@@]23c2ccccc2)c1O. The summed E-state index contributed by atoms with van der Waals surface area (Å²) in [6, 6.07) is 21.0. The van der Waals surface area contributed by atoms with E-state index in [0.717, 1.165) is 5.57 Å². The second-order valence-corrected chi connectivity index (χ2v) is 12.4. The molecule has 0 aromatic heterocycles. The monoisotopic (exact) mass is 610 g/mol. The van der Waals surface area contributed by atoms with Crippen molar-refractivity contribution < 1.29 is 29.0 Å². The Morgan fingerprint density at radius 1 is 0.932 bits per heavy atom. The van der Waals surface area contributed by atoms with Crippen LogP contribution in [-0.4, -0.2) is 47.3 Å². The van der Waals surface area contributed by atoms with Crippen LogP contribution in [0, 0.1) is 23.7 Å². The Kier molecular flexibility index (Phi) is 6.66. The first-order valence-corrected chi connectivity index (χ1v) is 15.2. The largest absolute Gasteiger partial charge is 0.504 e. The molecule has 3 fully saturated rings. The van der Waals surface area contributed by atoms with E-state index in [2.05, 4.69) is 0 Å². The first-order valence-electron chi connectivity index (χ1n) is 14.9. The zero-order chi connectivity index (χ0) is 30.9. The van der Waals surface area contributed by atoms with Gasteiger partial charge in [0.15, 0.2) is 11.5 Å². The lowest BCUT2D eigenvalue weighted by Gasteiger charge is -2.50. The molecule has 1 saturated carbocycles. The molecule has 2 aliphatic heterocycles. The molecule has 9 heteroatoms. The third-order valence-electron chi connectivity index (χ3n) is 10.0. The van der Waals surface area contributed by atoms with Crippen LogP contribution < -0.4 is 9.64 Å². The lowest BCUT2D eigenvalue weighted by atomic mass is 9.49. The number of nitrogens with zero attached hydrogens (tertiary/aromatic N) is 2. The molecule has 44 heavy (non-hydrogen) atoms. The Morgan fingerprint density at radius 2 is 1.68 bits per heavy atom. The van der Waals surface area contributed by atoms with Gasteiger partial charge in [-0.2, -0.15) is 0 Å². The number of halogens is 1. The average Bonchev–Trinajstić information content (AvgIpc) is 3.39. The fourth-order valence-corrected chi connectivity index (χ4v) is 8.47. The fraction of sp³-hybridized carbons (Fsp3) is 0.314. The highest BCUT2D eigenvalue weighted by Gasteiger charge is 2.70. The lowest BCUT2D eigenvalue weighted by molar-refractivity contribution is -0.138. The van der Waals surface area contributed by atoms with E-state index < -0.39 is 46.8 Å². The van der Waals surface area contributed by atoms with Gasteiger partial charge >= 0.3 is 0 Å². The number of aromatic hydroxyl groups is 1. The van der Waals surface area contributed by atoms with Crippen LogP contribution in [0.15, 0.2) is 84.4 Å². The summed E-state index contributed by atoms with van der Waals surface area (Å²) in [6.45, 7) is 2.13. The minimum absolute atomic E-state index is 0.121. The predicted octanol–water partition coefficient (Wildman–Crippen LogP) is 5.24. The number of benzene rings is 3. The van der Waals surface area contributed by atoms with Crippen LogP contribution >= 0.6 is 11.6 Å². The van der Waals surface area contributed by atoms with Crippen molar-refractivity contribution in [3.8, 4) is 11.5 Å². The molecule has 3 aromatic carbocycles. The number of phenols is 1. The van der Waals surface area contributed by atoms with Gasteiger partial charge < -0.3 is 9.84 Å². The maximum Gasteiger partial charge on any atom is 0.246 e. The number of carbonyl (C=O) groups excluding carboxylic acids is 4. The Hall–Kier alpha value is -4.43. The van der Waals surface area contributed by atoms with Gasteiger partial charge in [-0.25, -0.2) is 4.90 Å². The van der Waals surface area contributed by atoms with Crippen molar-refractivity contribution in [3.05, 3.63) is 101 Å². The smallest absolute Gasteiger partial charge is 0.246 e. The molecule has 0 spiro atoms. The molecule has 1 N–H and O–H groups in total. The van der Waals surface area contributed by atoms with Gasteiger partial charge in [0.1, 0.15) is 0 Å². The van der Waals surface area contributed by atoms with Crippen LogP contribution in [0.4, 0.5) is 5.69 Å². The minimum Gasteiger partial charge on any atom is -0.504 e. The Bertz CT molecular complexity index is 1750. The molecule has 0 bridgehead atoms. The van der Waals surface area contributed by atoms with Gasteiger partial charge in [-0.15, -0.1) is 0 Å². The summed E-state index contributed by atoms with van der Waals surface area (Å²) in [5.41, 5.74) is 0.728. The Morgan fingerprint density at radius 3 is 2.41 bits per heavy atom. The number of fused-ring (bicyclic) bond motifs is 4. The topological polar surface area (TPSA) is 104 Å². The molecule has 2 heterocycles. The van der Waals surface area contributed by atoms with Crippen molar-refractivity contribution in [3.63, 3.8) is 0 Å².